The van der Waals surface area contributed by atoms with Crippen LogP contribution in [0.25, 0.3) is 0 Å². The zero-order valence-corrected chi connectivity index (χ0v) is 13.5. The van der Waals surface area contributed by atoms with Crippen LogP contribution in [0.15, 0.2) is 6.07 Å². The Balaban J connectivity index is 3.14. The summed E-state index contributed by atoms with van der Waals surface area (Å²) in [6.07, 6.45) is 0. The normalized spacial score (nSPS) is 12.2. The Bertz CT molecular complexity index is 537. The molecule has 0 radical (unpaired) electrons. The van der Waals surface area contributed by atoms with Crippen LogP contribution in [0.1, 0.15) is 46.4 Å². The van der Waals surface area contributed by atoms with Gasteiger partial charge in [0, 0.05) is 0 Å². The van der Waals surface area contributed by atoms with E-state index >= 15 is 0 Å². The van der Waals surface area contributed by atoms with E-state index in [1.165, 1.54) is 6.07 Å². The Morgan fingerprint density at radius 3 is 2.09 bits per heavy atom. The Labute approximate surface area is 130 Å². The first kappa shape index (κ1) is 17.7. The number of esters is 1. The van der Waals surface area contributed by atoms with E-state index in [1.807, 2.05) is 6.07 Å². The molecule has 1 atom stereocenters. The third-order valence-electron chi connectivity index (χ3n) is 2.31. The van der Waals surface area contributed by atoms with Gasteiger partial charge in [-0.15, -0.1) is 0 Å². The van der Waals surface area contributed by atoms with Crippen molar-refractivity contribution in [2.45, 2.75) is 46.1 Å². The zero-order valence-electron chi connectivity index (χ0n) is 13.5. The Morgan fingerprint density at radius 1 is 1.23 bits per heavy atom. The monoisotopic (exact) mass is 307 g/mol. The number of carbonyl (C=O) groups excluding carboxylic acids is 1. The van der Waals surface area contributed by atoms with Crippen molar-refractivity contribution in [3.8, 4) is 17.8 Å². The van der Waals surface area contributed by atoms with Gasteiger partial charge in [0.1, 0.15) is 5.60 Å². The average Bonchev–Trinajstić information content (AvgIpc) is 2.38. The number of rotatable bonds is 6. The van der Waals surface area contributed by atoms with Crippen LogP contribution >= 0.6 is 0 Å². The lowest BCUT2D eigenvalue weighted by Crippen LogP contribution is -2.28. The van der Waals surface area contributed by atoms with Gasteiger partial charge in [-0.3, -0.25) is 4.79 Å². The predicted octanol–water partition coefficient (Wildman–Crippen LogP) is 2.22. The minimum atomic E-state index is -1.24. The van der Waals surface area contributed by atoms with E-state index in [-0.39, 0.29) is 17.6 Å². The standard InChI is InChI=1S/C15H21N3O4/c1-6-20-11-8-12(21-7-2)18-13(17-11)10(9-16)14(19)22-15(3,4)5/h8,10H,6-7H2,1-5H3. The minimum Gasteiger partial charge on any atom is -0.478 e. The smallest absolute Gasteiger partial charge is 0.331 e. The Kier molecular flexibility index (Phi) is 6.11. The molecule has 0 saturated heterocycles. The molecule has 7 heteroatoms. The summed E-state index contributed by atoms with van der Waals surface area (Å²) < 4.78 is 15.9. The fourth-order valence-electron chi connectivity index (χ4n) is 1.57. The van der Waals surface area contributed by atoms with Crippen molar-refractivity contribution in [3.05, 3.63) is 11.9 Å². The number of nitriles is 1. The number of nitrogens with zero attached hydrogens (tertiary/aromatic N) is 3. The molecule has 1 heterocycles. The van der Waals surface area contributed by atoms with Crippen LogP contribution in [0.5, 0.6) is 11.8 Å². The molecule has 1 aromatic rings. The van der Waals surface area contributed by atoms with Crippen molar-refractivity contribution in [1.29, 1.82) is 5.26 Å². The SMILES string of the molecule is CCOc1cc(OCC)nc(C(C#N)C(=O)OC(C)(C)C)n1. The van der Waals surface area contributed by atoms with Gasteiger partial charge in [0.2, 0.25) is 17.7 Å². The summed E-state index contributed by atoms with van der Waals surface area (Å²) in [5.41, 5.74) is -0.702. The molecular weight excluding hydrogens is 286 g/mol. The molecule has 0 saturated carbocycles. The summed E-state index contributed by atoms with van der Waals surface area (Å²) in [5, 5.41) is 9.28. The van der Waals surface area contributed by atoms with Crippen LogP contribution in [0, 0.1) is 11.3 Å². The Morgan fingerprint density at radius 2 is 1.73 bits per heavy atom. The van der Waals surface area contributed by atoms with Gasteiger partial charge < -0.3 is 14.2 Å². The van der Waals surface area contributed by atoms with Crippen molar-refractivity contribution < 1.29 is 19.0 Å². The number of aromatic nitrogens is 2. The van der Waals surface area contributed by atoms with E-state index in [0.29, 0.717) is 13.2 Å². The number of hydrogen-bond acceptors (Lipinski definition) is 7. The summed E-state index contributed by atoms with van der Waals surface area (Å²) in [4.78, 5) is 20.3. The van der Waals surface area contributed by atoms with Crippen LogP contribution in [0.3, 0.4) is 0 Å². The van der Waals surface area contributed by atoms with E-state index in [4.69, 9.17) is 14.2 Å². The van der Waals surface area contributed by atoms with Crippen LogP contribution < -0.4 is 9.47 Å². The first-order valence-electron chi connectivity index (χ1n) is 7.07. The average molecular weight is 307 g/mol. The van der Waals surface area contributed by atoms with E-state index < -0.39 is 17.5 Å². The van der Waals surface area contributed by atoms with Crippen molar-refractivity contribution in [2.75, 3.05) is 13.2 Å². The van der Waals surface area contributed by atoms with E-state index in [2.05, 4.69) is 9.97 Å². The molecule has 0 aliphatic carbocycles. The van der Waals surface area contributed by atoms with E-state index in [1.54, 1.807) is 34.6 Å². The number of ether oxygens (including phenoxy) is 3. The highest BCUT2D eigenvalue weighted by Crippen LogP contribution is 2.23. The lowest BCUT2D eigenvalue weighted by atomic mass is 10.1. The first-order chi connectivity index (χ1) is 10.3. The molecule has 22 heavy (non-hydrogen) atoms. The lowest BCUT2D eigenvalue weighted by molar-refractivity contribution is -0.155. The van der Waals surface area contributed by atoms with Gasteiger partial charge >= 0.3 is 5.97 Å². The molecule has 0 N–H and O–H groups in total. The van der Waals surface area contributed by atoms with Crippen molar-refractivity contribution in [2.24, 2.45) is 0 Å². The maximum Gasteiger partial charge on any atom is 0.331 e. The molecule has 1 rings (SSSR count). The van der Waals surface area contributed by atoms with Gasteiger partial charge in [0.05, 0.1) is 25.3 Å². The summed E-state index contributed by atoms with van der Waals surface area (Å²) in [5.74, 6) is -1.43. The molecule has 0 bridgehead atoms. The summed E-state index contributed by atoms with van der Waals surface area (Å²) in [7, 11) is 0. The largest absolute Gasteiger partial charge is 0.478 e. The molecule has 0 aliphatic heterocycles. The van der Waals surface area contributed by atoms with Crippen LogP contribution in [0.2, 0.25) is 0 Å². The molecule has 1 unspecified atom stereocenters. The van der Waals surface area contributed by atoms with E-state index in [9.17, 15) is 10.1 Å². The van der Waals surface area contributed by atoms with Gasteiger partial charge in [-0.2, -0.15) is 15.2 Å². The molecule has 0 spiro atoms. The maximum absolute atomic E-state index is 12.1. The summed E-state index contributed by atoms with van der Waals surface area (Å²) in [6.45, 7) is 9.57. The molecule has 0 aliphatic rings. The van der Waals surface area contributed by atoms with Crippen molar-refractivity contribution >= 4 is 5.97 Å². The predicted molar refractivity (Wildman–Crippen MR) is 78.6 cm³/mol. The Hall–Kier alpha value is -2.36. The zero-order chi connectivity index (χ0) is 16.8. The van der Waals surface area contributed by atoms with Crippen LogP contribution in [-0.4, -0.2) is 34.8 Å². The van der Waals surface area contributed by atoms with Gasteiger partial charge in [-0.05, 0) is 34.6 Å². The fourth-order valence-corrected chi connectivity index (χ4v) is 1.57. The fraction of sp³-hybridized carbons (Fsp3) is 0.600. The van der Waals surface area contributed by atoms with Gasteiger partial charge in [0.15, 0.2) is 5.82 Å². The topological polar surface area (TPSA) is 94.3 Å². The summed E-state index contributed by atoms with van der Waals surface area (Å²) >= 11 is 0. The maximum atomic E-state index is 12.1. The van der Waals surface area contributed by atoms with Crippen molar-refractivity contribution in [3.63, 3.8) is 0 Å². The summed E-state index contributed by atoms with van der Waals surface area (Å²) in [6, 6.07) is 3.38. The molecular formula is C15H21N3O4. The third kappa shape index (κ3) is 5.20. The van der Waals surface area contributed by atoms with Gasteiger partial charge in [-0.1, -0.05) is 0 Å². The van der Waals surface area contributed by atoms with Crippen molar-refractivity contribution in [1.82, 2.24) is 9.97 Å². The third-order valence-corrected chi connectivity index (χ3v) is 2.31. The molecule has 120 valence electrons. The van der Waals surface area contributed by atoms with Crippen LogP contribution in [0.4, 0.5) is 0 Å². The minimum absolute atomic E-state index is 0.00569. The molecule has 0 amide bonds. The number of carbonyl (C=O) groups is 1. The number of hydrogen-bond donors (Lipinski definition) is 0. The second kappa shape index (κ2) is 7.59. The van der Waals surface area contributed by atoms with Gasteiger partial charge in [0.25, 0.3) is 0 Å². The molecule has 0 aromatic carbocycles. The second-order valence-electron chi connectivity index (χ2n) is 5.36. The van der Waals surface area contributed by atoms with Gasteiger partial charge in [-0.25, -0.2) is 0 Å². The lowest BCUT2D eigenvalue weighted by Gasteiger charge is -2.21. The second-order valence-corrected chi connectivity index (χ2v) is 5.36. The highest BCUT2D eigenvalue weighted by molar-refractivity contribution is 5.80. The molecule has 1 aromatic heterocycles. The van der Waals surface area contributed by atoms with Crippen LogP contribution in [-0.2, 0) is 9.53 Å². The molecule has 7 nitrogen and oxygen atoms in total. The highest BCUT2D eigenvalue weighted by atomic mass is 16.6. The van der Waals surface area contributed by atoms with E-state index in [0.717, 1.165) is 0 Å². The first-order valence-corrected chi connectivity index (χ1v) is 7.07. The highest BCUT2D eigenvalue weighted by Gasteiger charge is 2.30. The molecule has 0 fully saturated rings. The quantitative estimate of drug-likeness (QED) is 0.744.